The molecule has 2 aliphatic rings. The monoisotopic (exact) mass is 450 g/mol. The summed E-state index contributed by atoms with van der Waals surface area (Å²) in [7, 11) is -0.731. The third kappa shape index (κ3) is 4.24. The van der Waals surface area contributed by atoms with E-state index in [2.05, 4.69) is 95.6 Å². The molecule has 1 aromatic carbocycles. The summed E-state index contributed by atoms with van der Waals surface area (Å²) in [5.74, 6) is 0. The van der Waals surface area contributed by atoms with Crippen molar-refractivity contribution in [2.24, 2.45) is 0 Å². The lowest BCUT2D eigenvalue weighted by Crippen LogP contribution is -2.41. The fourth-order valence-corrected chi connectivity index (χ4v) is 3.78. The maximum Gasteiger partial charge on any atom is 0.458 e. The molecule has 0 aromatic heterocycles. The molecule has 7 heteroatoms. The van der Waals surface area contributed by atoms with Gasteiger partial charge in [-0.25, -0.2) is 0 Å². The summed E-state index contributed by atoms with van der Waals surface area (Å²) in [5.41, 5.74) is -0.255. The Morgan fingerprint density at radius 2 is 1.07 bits per heavy atom. The third-order valence-electron chi connectivity index (χ3n) is 6.92. The molecule has 2 heterocycles. The number of aryl methyl sites for hydroxylation is 1. The number of hydrogen-bond acceptors (Lipinski definition) is 4. The zero-order chi connectivity index (χ0) is 21.0. The van der Waals surface area contributed by atoms with Crippen molar-refractivity contribution in [3.63, 3.8) is 0 Å². The Hall–Kier alpha value is -0.330. The predicted octanol–water partition coefficient (Wildman–Crippen LogP) is 5.48. The molecule has 2 fully saturated rings. The van der Waals surface area contributed by atoms with Crippen LogP contribution < -0.4 is 0 Å². The smallest absolute Gasteiger partial charge is 0.403 e. The van der Waals surface area contributed by atoms with Crippen LogP contribution in [0.5, 0.6) is 0 Å². The average molecular weight is 451 g/mol. The molecule has 0 N–H and O–H groups in total. The molecule has 0 spiro atoms. The maximum absolute atomic E-state index is 6.39. The maximum atomic E-state index is 6.39. The Balaban J connectivity index is 1.82. The van der Waals surface area contributed by atoms with Crippen molar-refractivity contribution in [1.29, 1.82) is 0 Å². The van der Waals surface area contributed by atoms with Crippen LogP contribution in [0.15, 0.2) is 28.7 Å². The number of rotatable bonds is 5. The molecule has 3 rings (SSSR count). The number of hydrogen-bond donors (Lipinski definition) is 0. The van der Waals surface area contributed by atoms with Crippen LogP contribution in [0.25, 0.3) is 0 Å². The van der Waals surface area contributed by atoms with E-state index in [1.165, 1.54) is 5.56 Å². The van der Waals surface area contributed by atoms with Gasteiger partial charge in [-0.3, -0.25) is 0 Å². The van der Waals surface area contributed by atoms with E-state index in [-0.39, 0.29) is 42.4 Å². The molecule has 0 bridgehead atoms. The Kier molecular flexibility index (Phi) is 5.92. The van der Waals surface area contributed by atoms with E-state index in [1.807, 2.05) is 0 Å². The summed E-state index contributed by atoms with van der Waals surface area (Å²) < 4.78 is 26.7. The number of halogens is 1. The van der Waals surface area contributed by atoms with Gasteiger partial charge < -0.3 is 18.6 Å². The lowest BCUT2D eigenvalue weighted by molar-refractivity contribution is 0.00578. The van der Waals surface area contributed by atoms with Crippen LogP contribution in [0.2, 0.25) is 5.72 Å². The molecule has 0 amide bonds. The van der Waals surface area contributed by atoms with Gasteiger partial charge in [-0.15, -0.1) is 0 Å². The van der Waals surface area contributed by atoms with Crippen molar-refractivity contribution >= 4 is 30.2 Å². The molecule has 0 aliphatic carbocycles. The molecule has 0 radical (unpaired) electrons. The highest BCUT2D eigenvalue weighted by atomic mass is 79.9. The molecule has 2 aliphatic heterocycles. The minimum absolute atomic E-state index is 0.0225. The minimum Gasteiger partial charge on any atom is -0.403 e. The van der Waals surface area contributed by atoms with Crippen LogP contribution in [0.3, 0.4) is 0 Å². The van der Waals surface area contributed by atoms with Crippen LogP contribution in [-0.4, -0.2) is 36.6 Å². The van der Waals surface area contributed by atoms with Crippen LogP contribution in [0.4, 0.5) is 0 Å². The third-order valence-corrected chi connectivity index (χ3v) is 7.45. The summed E-state index contributed by atoms with van der Waals surface area (Å²) >= 11 is 3.50. The van der Waals surface area contributed by atoms with Gasteiger partial charge in [0.25, 0.3) is 0 Å². The van der Waals surface area contributed by atoms with E-state index in [4.69, 9.17) is 18.6 Å². The van der Waals surface area contributed by atoms with Gasteiger partial charge in [-0.2, -0.15) is 0 Å². The van der Waals surface area contributed by atoms with Crippen molar-refractivity contribution in [3.8, 4) is 0 Å². The topological polar surface area (TPSA) is 36.9 Å². The van der Waals surface area contributed by atoms with Crippen LogP contribution >= 0.6 is 15.9 Å². The van der Waals surface area contributed by atoms with Gasteiger partial charge in [-0.1, -0.05) is 28.1 Å². The highest BCUT2D eigenvalue weighted by Crippen LogP contribution is 2.46. The van der Waals surface area contributed by atoms with Crippen LogP contribution in [-0.2, 0) is 25.0 Å². The molecule has 0 unspecified atom stereocenters. The standard InChI is InChI=1S/C21H33B2BrO4/c1-18(2)19(3,4)26-22(25-18)17(14-11-15-9-12-16(24)13-10-15)23-27-20(5,6)21(7,8)28-23/h9-10,12-13,17H,11,14H2,1-8H3. The van der Waals surface area contributed by atoms with Crippen LogP contribution in [0.1, 0.15) is 67.4 Å². The average Bonchev–Trinajstić information content (AvgIpc) is 2.89. The van der Waals surface area contributed by atoms with Gasteiger partial charge in [-0.05, 0) is 85.9 Å². The Morgan fingerprint density at radius 3 is 1.43 bits per heavy atom. The molecular formula is C21H33B2BrO4. The Bertz CT molecular complexity index is 635. The molecule has 28 heavy (non-hydrogen) atoms. The lowest BCUT2D eigenvalue weighted by Gasteiger charge is -2.32. The highest BCUT2D eigenvalue weighted by molar-refractivity contribution is 9.10. The van der Waals surface area contributed by atoms with E-state index in [9.17, 15) is 0 Å². The largest absolute Gasteiger partial charge is 0.458 e. The second-order valence-corrected chi connectivity index (χ2v) is 11.0. The van der Waals surface area contributed by atoms with E-state index >= 15 is 0 Å². The summed E-state index contributed by atoms with van der Waals surface area (Å²) in [6, 6.07) is 8.45. The van der Waals surface area contributed by atoms with Crippen molar-refractivity contribution in [2.75, 3.05) is 0 Å². The zero-order valence-electron chi connectivity index (χ0n) is 18.5. The molecule has 2 saturated heterocycles. The van der Waals surface area contributed by atoms with Crippen LogP contribution in [0, 0.1) is 0 Å². The van der Waals surface area contributed by atoms with Crippen molar-refractivity contribution in [3.05, 3.63) is 34.3 Å². The van der Waals surface area contributed by atoms with Crippen molar-refractivity contribution < 1.29 is 18.6 Å². The first-order chi connectivity index (χ1) is 12.7. The zero-order valence-corrected chi connectivity index (χ0v) is 20.1. The molecule has 154 valence electrons. The first-order valence-corrected chi connectivity index (χ1v) is 11.0. The second kappa shape index (κ2) is 7.42. The Labute approximate surface area is 179 Å². The fourth-order valence-electron chi connectivity index (χ4n) is 3.51. The van der Waals surface area contributed by atoms with E-state index in [0.717, 1.165) is 17.3 Å². The van der Waals surface area contributed by atoms with Gasteiger partial charge in [0, 0.05) is 10.2 Å². The summed E-state index contributed by atoms with van der Waals surface area (Å²) in [5, 5.41) is 0. The van der Waals surface area contributed by atoms with E-state index in [0.29, 0.717) is 0 Å². The first-order valence-electron chi connectivity index (χ1n) is 10.2. The number of benzene rings is 1. The molecule has 1 aromatic rings. The van der Waals surface area contributed by atoms with Gasteiger partial charge in [0.2, 0.25) is 0 Å². The summed E-state index contributed by atoms with van der Waals surface area (Å²) in [6.07, 6.45) is 1.77. The van der Waals surface area contributed by atoms with Gasteiger partial charge in [0.05, 0.1) is 22.4 Å². The molecular weight excluding hydrogens is 418 g/mol. The second-order valence-electron chi connectivity index (χ2n) is 10.1. The van der Waals surface area contributed by atoms with E-state index in [1.54, 1.807) is 0 Å². The lowest BCUT2D eigenvalue weighted by atomic mass is 9.50. The summed E-state index contributed by atoms with van der Waals surface area (Å²) in [4.78, 5) is 0. The molecule has 0 atom stereocenters. The summed E-state index contributed by atoms with van der Waals surface area (Å²) in [6.45, 7) is 16.7. The Morgan fingerprint density at radius 1 is 0.714 bits per heavy atom. The SMILES string of the molecule is CC1(C)OB(C(CCc2ccc(Br)cc2)B2OC(C)(C)C(C)(C)O2)OC1(C)C. The normalized spacial score (nSPS) is 24.9. The van der Waals surface area contributed by atoms with Crippen molar-refractivity contribution in [1.82, 2.24) is 0 Å². The fraction of sp³-hybridized carbons (Fsp3) is 0.714. The quantitative estimate of drug-likeness (QED) is 0.557. The first kappa shape index (κ1) is 22.4. The predicted molar refractivity (Wildman–Crippen MR) is 118 cm³/mol. The van der Waals surface area contributed by atoms with Gasteiger partial charge >= 0.3 is 14.2 Å². The highest BCUT2D eigenvalue weighted by Gasteiger charge is 2.61. The van der Waals surface area contributed by atoms with Gasteiger partial charge in [0.1, 0.15) is 0 Å². The van der Waals surface area contributed by atoms with E-state index < -0.39 is 0 Å². The molecule has 0 saturated carbocycles. The van der Waals surface area contributed by atoms with Crippen molar-refractivity contribution in [2.45, 2.75) is 96.4 Å². The molecule has 4 nitrogen and oxygen atoms in total. The van der Waals surface area contributed by atoms with Gasteiger partial charge in [0.15, 0.2) is 0 Å². The minimum atomic E-state index is -0.378.